The molecule has 0 aliphatic heterocycles. The monoisotopic (exact) mass is 321 g/mol. The normalized spacial score (nSPS) is 11.0. The van der Waals surface area contributed by atoms with Gasteiger partial charge in [-0.3, -0.25) is 4.40 Å². The molecule has 0 aliphatic carbocycles. The molecule has 3 aromatic rings. The number of hydrogen-bond donors (Lipinski definition) is 1. The summed E-state index contributed by atoms with van der Waals surface area (Å²) in [6.45, 7) is 1.86. The van der Waals surface area contributed by atoms with Gasteiger partial charge in [-0.05, 0) is 24.6 Å². The van der Waals surface area contributed by atoms with E-state index in [1.807, 2.05) is 13.0 Å². The van der Waals surface area contributed by atoms with Crippen molar-refractivity contribution in [2.24, 2.45) is 0 Å². The van der Waals surface area contributed by atoms with Gasteiger partial charge in [0.2, 0.25) is 0 Å². The number of nitrogens with zero attached hydrogens (tertiary/aromatic N) is 3. The second-order valence-corrected chi connectivity index (χ2v) is 5.33. The minimum Gasteiger partial charge on any atom is -0.478 e. The van der Waals surface area contributed by atoms with Gasteiger partial charge in [-0.2, -0.15) is 0 Å². The zero-order valence-electron chi connectivity index (χ0n) is 10.8. The number of benzene rings is 1. The van der Waals surface area contributed by atoms with Gasteiger partial charge >= 0.3 is 5.97 Å². The van der Waals surface area contributed by atoms with Crippen molar-refractivity contribution >= 4 is 34.8 Å². The smallest absolute Gasteiger partial charge is 0.337 e. The Balaban J connectivity index is 2.33. The molecule has 5 nitrogen and oxygen atoms in total. The van der Waals surface area contributed by atoms with E-state index in [1.54, 1.807) is 16.5 Å². The van der Waals surface area contributed by atoms with E-state index in [-0.39, 0.29) is 10.6 Å². The number of rotatable bonds is 2. The van der Waals surface area contributed by atoms with Crippen molar-refractivity contribution in [1.82, 2.24) is 14.6 Å². The molecule has 0 bridgehead atoms. The predicted molar refractivity (Wildman–Crippen MR) is 80.1 cm³/mol. The first-order valence-corrected chi connectivity index (χ1v) is 6.77. The summed E-state index contributed by atoms with van der Waals surface area (Å²) >= 11 is 12.2. The lowest BCUT2D eigenvalue weighted by atomic mass is 10.1. The third-order valence-corrected chi connectivity index (χ3v) is 3.90. The summed E-state index contributed by atoms with van der Waals surface area (Å²) in [5, 5.41) is 18.1. The van der Waals surface area contributed by atoms with Gasteiger partial charge in [0.05, 0.1) is 10.6 Å². The summed E-state index contributed by atoms with van der Waals surface area (Å²) in [7, 11) is 0. The highest BCUT2D eigenvalue weighted by Gasteiger charge is 2.16. The van der Waals surface area contributed by atoms with E-state index in [0.29, 0.717) is 16.5 Å². The largest absolute Gasteiger partial charge is 0.478 e. The predicted octanol–water partition coefficient (Wildman–Crippen LogP) is 3.71. The summed E-state index contributed by atoms with van der Waals surface area (Å²) in [5.41, 5.74) is 2.07. The third-order valence-electron chi connectivity index (χ3n) is 3.22. The van der Waals surface area contributed by atoms with Crippen LogP contribution in [-0.4, -0.2) is 25.7 Å². The third kappa shape index (κ3) is 2.24. The summed E-state index contributed by atoms with van der Waals surface area (Å²) in [4.78, 5) is 11.2. The molecule has 3 rings (SSSR count). The number of carbonyl (C=O) groups is 1. The fourth-order valence-electron chi connectivity index (χ4n) is 2.10. The molecule has 1 N–H and O–H groups in total. The van der Waals surface area contributed by atoms with Gasteiger partial charge in [0.15, 0.2) is 11.5 Å². The number of hydrogen-bond acceptors (Lipinski definition) is 3. The number of pyridine rings is 1. The standard InChI is InChI=1S/C14H9Cl2N3O2/c1-7-9(3-2-4-10(7)15)12-17-18-13-11(16)5-8(14(20)21)6-19(12)13/h2-6H,1H3,(H,20,21). The molecule has 0 spiro atoms. The Hall–Kier alpha value is -2.11. The molecular weight excluding hydrogens is 313 g/mol. The van der Waals surface area contributed by atoms with Crippen molar-refractivity contribution in [3.8, 4) is 11.4 Å². The molecule has 106 valence electrons. The highest BCUT2D eigenvalue weighted by Crippen LogP contribution is 2.29. The first-order valence-electron chi connectivity index (χ1n) is 6.02. The fraction of sp³-hybridized carbons (Fsp3) is 0.0714. The highest BCUT2D eigenvalue weighted by molar-refractivity contribution is 6.34. The van der Waals surface area contributed by atoms with E-state index in [2.05, 4.69) is 10.2 Å². The van der Waals surface area contributed by atoms with Crippen LogP contribution in [0, 0.1) is 6.92 Å². The number of halogens is 2. The molecule has 21 heavy (non-hydrogen) atoms. The van der Waals surface area contributed by atoms with Crippen LogP contribution in [0.3, 0.4) is 0 Å². The molecule has 7 heteroatoms. The van der Waals surface area contributed by atoms with Crippen LogP contribution >= 0.6 is 23.2 Å². The SMILES string of the molecule is Cc1c(Cl)cccc1-c1nnc2c(Cl)cc(C(=O)O)cn12. The Labute approximate surface area is 129 Å². The zero-order chi connectivity index (χ0) is 15.1. The average Bonchev–Trinajstić information content (AvgIpc) is 2.86. The zero-order valence-corrected chi connectivity index (χ0v) is 12.4. The van der Waals surface area contributed by atoms with Crippen LogP contribution in [0.15, 0.2) is 30.5 Å². The van der Waals surface area contributed by atoms with Crippen LogP contribution in [0.4, 0.5) is 0 Å². The van der Waals surface area contributed by atoms with E-state index in [4.69, 9.17) is 28.3 Å². The number of aromatic carboxylic acids is 1. The second-order valence-electron chi connectivity index (χ2n) is 4.51. The van der Waals surface area contributed by atoms with Crippen LogP contribution in [0.25, 0.3) is 17.0 Å². The van der Waals surface area contributed by atoms with Gasteiger partial charge in [0.1, 0.15) is 0 Å². The highest BCUT2D eigenvalue weighted by atomic mass is 35.5. The van der Waals surface area contributed by atoms with Crippen molar-refractivity contribution in [3.05, 3.63) is 51.6 Å². The Morgan fingerprint density at radius 2 is 2.00 bits per heavy atom. The number of carboxylic acids is 1. The van der Waals surface area contributed by atoms with E-state index in [1.165, 1.54) is 12.3 Å². The maximum Gasteiger partial charge on any atom is 0.337 e. The minimum atomic E-state index is -1.07. The summed E-state index contributed by atoms with van der Waals surface area (Å²) < 4.78 is 1.56. The Morgan fingerprint density at radius 3 is 2.71 bits per heavy atom. The van der Waals surface area contributed by atoms with Crippen LogP contribution in [0.2, 0.25) is 10.0 Å². The van der Waals surface area contributed by atoms with Crippen molar-refractivity contribution in [2.45, 2.75) is 6.92 Å². The lowest BCUT2D eigenvalue weighted by Crippen LogP contribution is -2.01. The molecule has 0 radical (unpaired) electrons. The van der Waals surface area contributed by atoms with Gasteiger partial charge < -0.3 is 5.11 Å². The fourth-order valence-corrected chi connectivity index (χ4v) is 2.53. The quantitative estimate of drug-likeness (QED) is 0.781. The Bertz CT molecular complexity index is 874. The summed E-state index contributed by atoms with van der Waals surface area (Å²) in [6.07, 6.45) is 1.44. The molecule has 0 unspecified atom stereocenters. The molecule has 0 amide bonds. The average molecular weight is 322 g/mol. The number of aromatic nitrogens is 3. The van der Waals surface area contributed by atoms with Crippen LogP contribution in [0.1, 0.15) is 15.9 Å². The van der Waals surface area contributed by atoms with Crippen LogP contribution in [0.5, 0.6) is 0 Å². The molecule has 0 aliphatic rings. The Morgan fingerprint density at radius 1 is 1.24 bits per heavy atom. The van der Waals surface area contributed by atoms with E-state index in [0.717, 1.165) is 11.1 Å². The molecule has 2 heterocycles. The maximum atomic E-state index is 11.2. The minimum absolute atomic E-state index is 0.0632. The number of carboxylic acid groups (broad SMARTS) is 1. The molecule has 0 saturated heterocycles. The van der Waals surface area contributed by atoms with Crippen molar-refractivity contribution in [1.29, 1.82) is 0 Å². The second kappa shape index (κ2) is 5.02. The van der Waals surface area contributed by atoms with E-state index >= 15 is 0 Å². The molecule has 2 aromatic heterocycles. The first-order chi connectivity index (χ1) is 9.99. The van der Waals surface area contributed by atoms with Gasteiger partial charge in [0, 0.05) is 16.8 Å². The number of fused-ring (bicyclic) bond motifs is 1. The molecule has 1 aromatic carbocycles. The van der Waals surface area contributed by atoms with E-state index in [9.17, 15) is 4.79 Å². The molecule has 0 atom stereocenters. The van der Waals surface area contributed by atoms with Crippen molar-refractivity contribution in [3.63, 3.8) is 0 Å². The van der Waals surface area contributed by atoms with Crippen LogP contribution in [-0.2, 0) is 0 Å². The van der Waals surface area contributed by atoms with Crippen molar-refractivity contribution < 1.29 is 9.90 Å². The topological polar surface area (TPSA) is 67.5 Å². The molecule has 0 fully saturated rings. The molecule has 0 saturated carbocycles. The lowest BCUT2D eigenvalue weighted by molar-refractivity contribution is 0.0696. The molecular formula is C14H9Cl2N3O2. The van der Waals surface area contributed by atoms with Gasteiger partial charge in [-0.15, -0.1) is 10.2 Å². The summed E-state index contributed by atoms with van der Waals surface area (Å²) in [5.74, 6) is -0.573. The Kier molecular flexibility index (Phi) is 3.31. The van der Waals surface area contributed by atoms with Gasteiger partial charge in [-0.1, -0.05) is 35.3 Å². The van der Waals surface area contributed by atoms with Gasteiger partial charge in [0.25, 0.3) is 0 Å². The van der Waals surface area contributed by atoms with E-state index < -0.39 is 5.97 Å². The maximum absolute atomic E-state index is 11.2. The first kappa shape index (κ1) is 13.9. The summed E-state index contributed by atoms with van der Waals surface area (Å²) in [6, 6.07) is 6.77. The lowest BCUT2D eigenvalue weighted by Gasteiger charge is -2.06. The van der Waals surface area contributed by atoms with Gasteiger partial charge in [-0.25, -0.2) is 4.79 Å². The van der Waals surface area contributed by atoms with Crippen molar-refractivity contribution in [2.75, 3.05) is 0 Å². The van der Waals surface area contributed by atoms with Crippen LogP contribution < -0.4 is 0 Å².